The molecule has 1 aliphatic rings. The molecule has 1 aliphatic heterocycles. The van der Waals surface area contributed by atoms with E-state index in [2.05, 4.69) is 17.4 Å². The Hall–Kier alpha value is -2.66. The number of likely N-dealkylation sites (N-methyl/N-ethyl adjacent to an activating group) is 1. The molecule has 0 bridgehead atoms. The third-order valence-electron chi connectivity index (χ3n) is 4.93. The van der Waals surface area contributed by atoms with E-state index in [4.69, 9.17) is 0 Å². The van der Waals surface area contributed by atoms with E-state index in [1.165, 1.54) is 11.1 Å². The van der Waals surface area contributed by atoms with Crippen LogP contribution in [0.1, 0.15) is 18.1 Å². The fraction of sp³-hybridized carbons (Fsp3) is 0.364. The molecule has 1 saturated heterocycles. The zero-order chi connectivity index (χ0) is 19.2. The van der Waals surface area contributed by atoms with Crippen molar-refractivity contribution in [2.75, 3.05) is 31.1 Å². The van der Waals surface area contributed by atoms with Crippen molar-refractivity contribution in [2.24, 2.45) is 0 Å². The number of hydrogen-bond acceptors (Lipinski definition) is 3. The number of hydrogen-bond donors (Lipinski definition) is 1. The van der Waals surface area contributed by atoms with Crippen LogP contribution in [0.25, 0.3) is 0 Å². The minimum absolute atomic E-state index is 0.0347. The van der Waals surface area contributed by atoms with Gasteiger partial charge >= 0.3 is 0 Å². The first-order valence-electron chi connectivity index (χ1n) is 9.48. The number of carbonyl (C=O) groups excluding carboxylic acids is 2. The van der Waals surface area contributed by atoms with Crippen LogP contribution in [0.3, 0.4) is 0 Å². The van der Waals surface area contributed by atoms with Gasteiger partial charge in [0.1, 0.15) is 0 Å². The van der Waals surface area contributed by atoms with E-state index in [1.807, 2.05) is 66.1 Å². The lowest BCUT2D eigenvalue weighted by Crippen LogP contribution is -2.59. The first-order valence-corrected chi connectivity index (χ1v) is 9.48. The van der Waals surface area contributed by atoms with E-state index in [-0.39, 0.29) is 30.9 Å². The minimum Gasteiger partial charge on any atom is -0.355 e. The lowest BCUT2D eigenvalue weighted by molar-refractivity contribution is -0.126. The summed E-state index contributed by atoms with van der Waals surface area (Å²) in [5.41, 5.74) is 3.30. The van der Waals surface area contributed by atoms with Crippen molar-refractivity contribution in [3.63, 3.8) is 0 Å². The SMILES string of the molecule is CCNC(=O)CN1CC(=O)N(c2ccc(C)cc2)CC1Cc1ccccc1. The van der Waals surface area contributed by atoms with Gasteiger partial charge in [-0.2, -0.15) is 0 Å². The topological polar surface area (TPSA) is 52.7 Å². The maximum atomic E-state index is 12.8. The highest BCUT2D eigenvalue weighted by atomic mass is 16.2. The fourth-order valence-corrected chi connectivity index (χ4v) is 3.49. The van der Waals surface area contributed by atoms with Gasteiger partial charge in [0.05, 0.1) is 13.1 Å². The Balaban J connectivity index is 1.80. The van der Waals surface area contributed by atoms with Crippen molar-refractivity contribution in [1.29, 1.82) is 0 Å². The number of anilines is 1. The van der Waals surface area contributed by atoms with Gasteiger partial charge in [-0.15, -0.1) is 0 Å². The van der Waals surface area contributed by atoms with Crippen LogP contribution < -0.4 is 10.2 Å². The number of piperazine rings is 1. The maximum absolute atomic E-state index is 12.8. The van der Waals surface area contributed by atoms with Gasteiger partial charge in [0, 0.05) is 24.8 Å². The molecule has 1 N–H and O–H groups in total. The Labute approximate surface area is 161 Å². The fourth-order valence-electron chi connectivity index (χ4n) is 3.49. The molecule has 2 aromatic rings. The smallest absolute Gasteiger partial charge is 0.241 e. The molecule has 3 rings (SSSR count). The molecule has 1 unspecified atom stereocenters. The molecule has 1 atom stereocenters. The van der Waals surface area contributed by atoms with Crippen molar-refractivity contribution < 1.29 is 9.59 Å². The summed E-state index contributed by atoms with van der Waals surface area (Å²) in [4.78, 5) is 28.8. The molecule has 142 valence electrons. The normalized spacial score (nSPS) is 17.8. The average molecular weight is 365 g/mol. The summed E-state index contributed by atoms with van der Waals surface area (Å²) in [6.07, 6.45) is 0.801. The molecule has 0 spiro atoms. The van der Waals surface area contributed by atoms with Gasteiger partial charge in [0.15, 0.2) is 0 Å². The van der Waals surface area contributed by atoms with E-state index in [0.29, 0.717) is 13.1 Å². The van der Waals surface area contributed by atoms with Crippen molar-refractivity contribution in [3.05, 3.63) is 65.7 Å². The van der Waals surface area contributed by atoms with Crippen LogP contribution in [-0.4, -0.2) is 48.9 Å². The molecule has 27 heavy (non-hydrogen) atoms. The quantitative estimate of drug-likeness (QED) is 0.855. The van der Waals surface area contributed by atoms with Crippen LogP contribution >= 0.6 is 0 Å². The first-order chi connectivity index (χ1) is 13.1. The van der Waals surface area contributed by atoms with Crippen molar-refractivity contribution in [3.8, 4) is 0 Å². The maximum Gasteiger partial charge on any atom is 0.241 e. The summed E-state index contributed by atoms with van der Waals surface area (Å²) < 4.78 is 0. The Morgan fingerprint density at radius 3 is 2.48 bits per heavy atom. The number of rotatable bonds is 6. The van der Waals surface area contributed by atoms with E-state index < -0.39 is 0 Å². The Morgan fingerprint density at radius 1 is 1.11 bits per heavy atom. The van der Waals surface area contributed by atoms with Gasteiger partial charge in [-0.05, 0) is 38.0 Å². The third-order valence-corrected chi connectivity index (χ3v) is 4.93. The van der Waals surface area contributed by atoms with Crippen molar-refractivity contribution >= 4 is 17.5 Å². The Morgan fingerprint density at radius 2 is 1.81 bits per heavy atom. The standard InChI is InChI=1S/C22H27N3O2/c1-3-23-21(26)15-24-16-22(27)25(19-11-9-17(2)10-12-19)14-20(24)13-18-7-5-4-6-8-18/h4-12,20H,3,13-16H2,1-2H3,(H,23,26). The van der Waals surface area contributed by atoms with Crippen LogP contribution in [0.2, 0.25) is 0 Å². The predicted octanol–water partition coefficient (Wildman–Crippen LogP) is 2.39. The number of amides is 2. The number of nitrogens with one attached hydrogen (secondary N) is 1. The molecule has 2 aromatic carbocycles. The van der Waals surface area contributed by atoms with Crippen molar-refractivity contribution in [2.45, 2.75) is 26.3 Å². The number of benzene rings is 2. The van der Waals surface area contributed by atoms with E-state index in [1.54, 1.807) is 0 Å². The molecule has 1 heterocycles. The Bertz CT molecular complexity index is 774. The van der Waals surface area contributed by atoms with E-state index in [0.717, 1.165) is 12.1 Å². The lowest BCUT2D eigenvalue weighted by atomic mass is 10.0. The zero-order valence-electron chi connectivity index (χ0n) is 16.0. The molecule has 5 heteroatoms. The van der Waals surface area contributed by atoms with Crippen LogP contribution in [0.5, 0.6) is 0 Å². The van der Waals surface area contributed by atoms with Gasteiger partial charge in [-0.1, -0.05) is 48.0 Å². The summed E-state index contributed by atoms with van der Waals surface area (Å²) in [6.45, 7) is 5.62. The van der Waals surface area contributed by atoms with Gasteiger partial charge in [-0.3, -0.25) is 14.5 Å². The average Bonchev–Trinajstić information content (AvgIpc) is 2.66. The zero-order valence-corrected chi connectivity index (χ0v) is 16.0. The number of carbonyl (C=O) groups is 2. The summed E-state index contributed by atoms with van der Waals surface area (Å²) in [7, 11) is 0. The van der Waals surface area contributed by atoms with Crippen LogP contribution in [0.4, 0.5) is 5.69 Å². The first kappa shape index (κ1) is 19.1. The lowest BCUT2D eigenvalue weighted by Gasteiger charge is -2.40. The van der Waals surface area contributed by atoms with Crippen LogP contribution in [0, 0.1) is 6.92 Å². The second kappa shape index (κ2) is 8.82. The van der Waals surface area contributed by atoms with E-state index in [9.17, 15) is 9.59 Å². The summed E-state index contributed by atoms with van der Waals surface area (Å²) in [5, 5.41) is 2.84. The van der Waals surface area contributed by atoms with Gasteiger partial charge in [0.2, 0.25) is 11.8 Å². The minimum atomic E-state index is -0.0350. The number of aryl methyl sites for hydroxylation is 1. The highest BCUT2D eigenvalue weighted by molar-refractivity contribution is 5.96. The van der Waals surface area contributed by atoms with Gasteiger partial charge in [0.25, 0.3) is 0 Å². The van der Waals surface area contributed by atoms with Crippen LogP contribution in [-0.2, 0) is 16.0 Å². The van der Waals surface area contributed by atoms with Crippen LogP contribution in [0.15, 0.2) is 54.6 Å². The number of nitrogens with zero attached hydrogens (tertiary/aromatic N) is 2. The van der Waals surface area contributed by atoms with E-state index >= 15 is 0 Å². The Kier molecular flexibility index (Phi) is 6.24. The second-order valence-corrected chi connectivity index (χ2v) is 7.04. The molecule has 1 fully saturated rings. The summed E-state index contributed by atoms with van der Waals surface area (Å²) in [6, 6.07) is 18.4. The molecule has 0 saturated carbocycles. The van der Waals surface area contributed by atoms with Crippen molar-refractivity contribution in [1.82, 2.24) is 10.2 Å². The summed E-state index contributed by atoms with van der Waals surface area (Å²) >= 11 is 0. The molecular weight excluding hydrogens is 338 g/mol. The summed E-state index contributed by atoms with van der Waals surface area (Å²) in [5.74, 6) is -0.000360. The highest BCUT2D eigenvalue weighted by Gasteiger charge is 2.33. The molecule has 0 radical (unpaired) electrons. The highest BCUT2D eigenvalue weighted by Crippen LogP contribution is 2.22. The third kappa shape index (κ3) is 4.95. The molecule has 5 nitrogen and oxygen atoms in total. The second-order valence-electron chi connectivity index (χ2n) is 7.04. The molecule has 0 aliphatic carbocycles. The molecule has 2 amide bonds. The van der Waals surface area contributed by atoms with Gasteiger partial charge < -0.3 is 10.2 Å². The largest absolute Gasteiger partial charge is 0.355 e. The molecule has 0 aromatic heterocycles. The van der Waals surface area contributed by atoms with Gasteiger partial charge in [-0.25, -0.2) is 0 Å². The molecular formula is C22H27N3O2. The predicted molar refractivity (Wildman–Crippen MR) is 108 cm³/mol. The monoisotopic (exact) mass is 365 g/mol.